The van der Waals surface area contributed by atoms with E-state index in [9.17, 15) is 9.59 Å². The predicted octanol–water partition coefficient (Wildman–Crippen LogP) is 3.02. The van der Waals surface area contributed by atoms with Gasteiger partial charge in [0.25, 0.3) is 0 Å². The van der Waals surface area contributed by atoms with Crippen molar-refractivity contribution >= 4 is 28.5 Å². The number of rotatable bonds is 9. The van der Waals surface area contributed by atoms with Gasteiger partial charge in [-0.05, 0) is 38.2 Å². The van der Waals surface area contributed by atoms with Crippen LogP contribution in [0.25, 0.3) is 10.9 Å². The molecular weight excluding hydrogens is 334 g/mol. The van der Waals surface area contributed by atoms with Crippen LogP contribution in [0.2, 0.25) is 0 Å². The molecule has 2 N–H and O–H groups in total. The number of H-pyrrole nitrogens is 1. The van der Waals surface area contributed by atoms with E-state index >= 15 is 0 Å². The molecule has 0 unspecified atom stereocenters. The van der Waals surface area contributed by atoms with E-state index in [1.54, 1.807) is 26.2 Å². The minimum absolute atomic E-state index is 0.147. The van der Waals surface area contributed by atoms with E-state index in [-0.39, 0.29) is 18.2 Å². The Labute approximate surface area is 153 Å². The van der Waals surface area contributed by atoms with Crippen LogP contribution in [0.15, 0.2) is 18.2 Å². The molecule has 1 aromatic carbocycles. The molecule has 0 aliphatic carbocycles. The number of hydrogen-bond acceptors (Lipinski definition) is 5. The molecule has 1 amide bonds. The summed E-state index contributed by atoms with van der Waals surface area (Å²) in [5.74, 6) is -0.00146. The molecule has 0 atom stereocenters. The highest BCUT2D eigenvalue weighted by Gasteiger charge is 2.21. The summed E-state index contributed by atoms with van der Waals surface area (Å²) in [4.78, 5) is 29.9. The number of nitrogens with zero attached hydrogens (tertiary/aromatic N) is 1. The number of anilines is 1. The van der Waals surface area contributed by atoms with E-state index in [1.807, 2.05) is 6.07 Å². The van der Waals surface area contributed by atoms with Gasteiger partial charge in [-0.3, -0.25) is 4.79 Å². The first-order chi connectivity index (χ1) is 12.5. The Morgan fingerprint density at radius 1 is 1.19 bits per heavy atom. The molecule has 0 saturated carbocycles. The normalized spacial score (nSPS) is 11.0. The van der Waals surface area contributed by atoms with Crippen molar-refractivity contribution < 1.29 is 19.1 Å². The summed E-state index contributed by atoms with van der Waals surface area (Å²) in [5, 5.41) is 3.59. The van der Waals surface area contributed by atoms with Gasteiger partial charge < -0.3 is 24.7 Å². The molecule has 1 heterocycles. The number of fused-ring (bicyclic) bond motifs is 1. The number of aromatic nitrogens is 1. The average molecular weight is 361 g/mol. The Morgan fingerprint density at radius 3 is 2.54 bits per heavy atom. The fourth-order valence-corrected chi connectivity index (χ4v) is 2.79. The first-order valence-electron chi connectivity index (χ1n) is 8.93. The molecular formula is C19H27N3O4. The van der Waals surface area contributed by atoms with Crippen molar-refractivity contribution in [1.82, 2.24) is 9.88 Å². The smallest absolute Gasteiger partial charge is 0.356 e. The number of benzene rings is 1. The first-order valence-corrected chi connectivity index (χ1v) is 8.93. The van der Waals surface area contributed by atoms with Crippen LogP contribution in [0.3, 0.4) is 0 Å². The van der Waals surface area contributed by atoms with Crippen LogP contribution in [0, 0.1) is 0 Å². The van der Waals surface area contributed by atoms with Gasteiger partial charge in [-0.1, -0.05) is 13.8 Å². The minimum Gasteiger partial charge on any atom is -0.497 e. The van der Waals surface area contributed by atoms with Crippen molar-refractivity contribution in [3.05, 3.63) is 23.9 Å². The summed E-state index contributed by atoms with van der Waals surface area (Å²) >= 11 is 0. The SMILES string of the molecule is CCOC(=O)c1[nH]c2ccc(OC)cc2c1NC(=O)CCN(CC)CC. The van der Waals surface area contributed by atoms with Crippen molar-refractivity contribution in [3.8, 4) is 5.75 Å². The zero-order valence-corrected chi connectivity index (χ0v) is 15.8. The van der Waals surface area contributed by atoms with Crippen molar-refractivity contribution in [2.45, 2.75) is 27.2 Å². The van der Waals surface area contributed by atoms with Gasteiger partial charge in [0.2, 0.25) is 5.91 Å². The Morgan fingerprint density at radius 2 is 1.92 bits per heavy atom. The van der Waals surface area contributed by atoms with E-state index in [1.165, 1.54) is 0 Å². The van der Waals surface area contributed by atoms with Crippen LogP contribution in [-0.2, 0) is 9.53 Å². The van der Waals surface area contributed by atoms with Crippen LogP contribution in [0.1, 0.15) is 37.7 Å². The first kappa shape index (κ1) is 19.8. The molecule has 0 saturated heterocycles. The Balaban J connectivity index is 2.31. The van der Waals surface area contributed by atoms with E-state index < -0.39 is 5.97 Å². The number of aromatic amines is 1. The fraction of sp³-hybridized carbons (Fsp3) is 0.474. The highest BCUT2D eigenvalue weighted by atomic mass is 16.5. The number of carbonyl (C=O) groups is 2. The highest BCUT2D eigenvalue weighted by molar-refractivity contribution is 6.11. The molecule has 0 radical (unpaired) electrons. The van der Waals surface area contributed by atoms with Crippen LogP contribution >= 0.6 is 0 Å². The largest absolute Gasteiger partial charge is 0.497 e. The van der Waals surface area contributed by atoms with E-state index in [0.717, 1.165) is 18.6 Å². The van der Waals surface area contributed by atoms with Gasteiger partial charge in [0.15, 0.2) is 0 Å². The van der Waals surface area contributed by atoms with Crippen molar-refractivity contribution in [2.75, 3.05) is 38.7 Å². The van der Waals surface area contributed by atoms with Gasteiger partial charge in [0.05, 0.1) is 19.4 Å². The standard InChI is InChI=1S/C19H27N3O4/c1-5-22(6-2)11-10-16(23)21-17-14-12-13(25-4)8-9-15(14)20-18(17)19(24)26-7-3/h8-9,12,20H,5-7,10-11H2,1-4H3,(H,21,23). The summed E-state index contributed by atoms with van der Waals surface area (Å²) < 4.78 is 10.4. The number of amides is 1. The summed E-state index contributed by atoms with van der Waals surface area (Å²) in [6.07, 6.45) is 0.348. The average Bonchev–Trinajstić information content (AvgIpc) is 3.00. The minimum atomic E-state index is -0.498. The molecule has 0 aliphatic heterocycles. The number of methoxy groups -OCH3 is 1. The fourth-order valence-electron chi connectivity index (χ4n) is 2.79. The van der Waals surface area contributed by atoms with E-state index in [2.05, 4.69) is 29.0 Å². The van der Waals surface area contributed by atoms with Gasteiger partial charge in [-0.2, -0.15) is 0 Å². The van der Waals surface area contributed by atoms with Crippen LogP contribution in [-0.4, -0.2) is 55.1 Å². The van der Waals surface area contributed by atoms with Crippen LogP contribution < -0.4 is 10.1 Å². The molecule has 1 aromatic heterocycles. The van der Waals surface area contributed by atoms with Crippen LogP contribution in [0.5, 0.6) is 5.75 Å². The zero-order chi connectivity index (χ0) is 19.1. The third-order valence-electron chi connectivity index (χ3n) is 4.30. The maximum Gasteiger partial charge on any atom is 0.356 e. The molecule has 0 fully saturated rings. The molecule has 7 heteroatoms. The quantitative estimate of drug-likeness (QED) is 0.671. The van der Waals surface area contributed by atoms with Gasteiger partial charge in [0, 0.05) is 23.9 Å². The number of carbonyl (C=O) groups excluding carboxylic acids is 2. The molecule has 0 bridgehead atoms. The topological polar surface area (TPSA) is 83.7 Å². The molecule has 0 spiro atoms. The summed E-state index contributed by atoms with van der Waals surface area (Å²) in [5.41, 5.74) is 1.40. The number of hydrogen-bond donors (Lipinski definition) is 2. The second-order valence-electron chi connectivity index (χ2n) is 5.83. The Hall–Kier alpha value is -2.54. The second-order valence-corrected chi connectivity index (χ2v) is 5.83. The summed E-state index contributed by atoms with van der Waals surface area (Å²) in [6.45, 7) is 8.57. The van der Waals surface area contributed by atoms with Gasteiger partial charge in [-0.15, -0.1) is 0 Å². The van der Waals surface area contributed by atoms with Gasteiger partial charge in [0.1, 0.15) is 11.4 Å². The molecule has 2 aromatic rings. The lowest BCUT2D eigenvalue weighted by atomic mass is 10.2. The maximum atomic E-state index is 12.4. The lowest BCUT2D eigenvalue weighted by Crippen LogP contribution is -2.27. The molecule has 0 aliphatic rings. The highest BCUT2D eigenvalue weighted by Crippen LogP contribution is 2.31. The van der Waals surface area contributed by atoms with Crippen molar-refractivity contribution in [2.24, 2.45) is 0 Å². The molecule has 2 rings (SSSR count). The lowest BCUT2D eigenvalue weighted by Gasteiger charge is -2.17. The molecule has 7 nitrogen and oxygen atoms in total. The Bertz CT molecular complexity index is 765. The molecule has 26 heavy (non-hydrogen) atoms. The summed E-state index contributed by atoms with van der Waals surface area (Å²) in [6, 6.07) is 5.39. The maximum absolute atomic E-state index is 12.4. The third kappa shape index (κ3) is 4.54. The van der Waals surface area contributed by atoms with E-state index in [4.69, 9.17) is 9.47 Å². The third-order valence-corrected chi connectivity index (χ3v) is 4.30. The Kier molecular flexibility index (Phi) is 7.03. The van der Waals surface area contributed by atoms with Crippen molar-refractivity contribution in [1.29, 1.82) is 0 Å². The lowest BCUT2D eigenvalue weighted by molar-refractivity contribution is -0.116. The molecule has 142 valence electrons. The predicted molar refractivity (Wildman–Crippen MR) is 102 cm³/mol. The number of nitrogens with one attached hydrogen (secondary N) is 2. The number of ether oxygens (including phenoxy) is 2. The van der Waals surface area contributed by atoms with E-state index in [0.29, 0.717) is 29.8 Å². The van der Waals surface area contributed by atoms with Gasteiger partial charge >= 0.3 is 5.97 Å². The zero-order valence-electron chi connectivity index (χ0n) is 15.8. The number of esters is 1. The van der Waals surface area contributed by atoms with Crippen LogP contribution in [0.4, 0.5) is 5.69 Å². The monoisotopic (exact) mass is 361 g/mol. The second kappa shape index (κ2) is 9.24. The van der Waals surface area contributed by atoms with Crippen molar-refractivity contribution in [3.63, 3.8) is 0 Å². The van der Waals surface area contributed by atoms with Gasteiger partial charge in [-0.25, -0.2) is 4.79 Å². The summed E-state index contributed by atoms with van der Waals surface area (Å²) in [7, 11) is 1.57.